The Morgan fingerprint density at radius 1 is 1.35 bits per heavy atom. The van der Waals surface area contributed by atoms with Crippen molar-refractivity contribution in [3.63, 3.8) is 0 Å². The molecule has 0 unspecified atom stereocenters. The minimum absolute atomic E-state index is 0.0431. The highest BCUT2D eigenvalue weighted by Gasteiger charge is 2.30. The molecule has 1 saturated carbocycles. The lowest BCUT2D eigenvalue weighted by molar-refractivity contribution is -0.136. The van der Waals surface area contributed by atoms with Crippen LogP contribution in [0.4, 0.5) is 4.39 Å². The monoisotopic (exact) mass is 236 g/mol. The average molecular weight is 236 g/mol. The summed E-state index contributed by atoms with van der Waals surface area (Å²) in [6.07, 6.45) is 1.80. The Hall–Kier alpha value is -1.71. The molecule has 90 valence electrons. The maximum Gasteiger partial charge on any atom is 0.303 e. The predicted octanol–water partition coefficient (Wildman–Crippen LogP) is 2.44. The van der Waals surface area contributed by atoms with Crippen LogP contribution in [0.1, 0.15) is 35.2 Å². The van der Waals surface area contributed by atoms with Crippen molar-refractivity contribution in [3.05, 3.63) is 35.1 Å². The van der Waals surface area contributed by atoms with Crippen molar-refractivity contribution in [1.82, 2.24) is 0 Å². The highest BCUT2D eigenvalue weighted by Crippen LogP contribution is 2.33. The van der Waals surface area contributed by atoms with Crippen LogP contribution in [0.3, 0.4) is 0 Å². The van der Waals surface area contributed by atoms with Gasteiger partial charge in [-0.05, 0) is 43.0 Å². The van der Waals surface area contributed by atoms with Crippen LogP contribution in [0.25, 0.3) is 0 Å². The summed E-state index contributed by atoms with van der Waals surface area (Å²) in [6, 6.07) is 4.20. The quantitative estimate of drug-likeness (QED) is 0.799. The fourth-order valence-corrected chi connectivity index (χ4v) is 1.74. The zero-order valence-corrected chi connectivity index (χ0v) is 9.28. The highest BCUT2D eigenvalue weighted by atomic mass is 19.1. The van der Waals surface area contributed by atoms with Gasteiger partial charge in [-0.1, -0.05) is 0 Å². The van der Waals surface area contributed by atoms with Gasteiger partial charge in [-0.15, -0.1) is 0 Å². The fourth-order valence-electron chi connectivity index (χ4n) is 1.74. The third-order valence-corrected chi connectivity index (χ3v) is 2.89. The van der Waals surface area contributed by atoms with Crippen LogP contribution in [0.5, 0.6) is 0 Å². The Morgan fingerprint density at radius 3 is 2.65 bits per heavy atom. The first kappa shape index (κ1) is 11.8. The number of halogens is 1. The minimum Gasteiger partial charge on any atom is -0.481 e. The molecule has 3 nitrogen and oxygen atoms in total. The second-order valence-corrected chi connectivity index (χ2v) is 4.34. The number of benzene rings is 1. The fraction of sp³-hybridized carbons (Fsp3) is 0.385. The normalized spacial score (nSPS) is 14.6. The third-order valence-electron chi connectivity index (χ3n) is 2.89. The summed E-state index contributed by atoms with van der Waals surface area (Å²) in [7, 11) is 0. The standard InChI is InChI=1S/C13H13FO3/c14-11-5-3-10(13(17)8-1-2-8)7-9(11)4-6-12(15)16/h3,5,7-8H,1-2,4,6H2,(H,15,16). The van der Waals surface area contributed by atoms with Gasteiger partial charge in [-0.2, -0.15) is 0 Å². The molecular weight excluding hydrogens is 223 g/mol. The number of carbonyl (C=O) groups is 2. The number of ketones is 1. The molecule has 17 heavy (non-hydrogen) atoms. The van der Waals surface area contributed by atoms with Crippen LogP contribution in [0.2, 0.25) is 0 Å². The van der Waals surface area contributed by atoms with Gasteiger partial charge in [0.2, 0.25) is 0 Å². The maximum absolute atomic E-state index is 13.4. The molecule has 0 amide bonds. The van der Waals surface area contributed by atoms with E-state index in [-0.39, 0.29) is 24.5 Å². The number of hydrogen-bond acceptors (Lipinski definition) is 2. The van der Waals surface area contributed by atoms with E-state index in [0.29, 0.717) is 11.1 Å². The summed E-state index contributed by atoms with van der Waals surface area (Å²) < 4.78 is 13.4. The minimum atomic E-state index is -0.969. The van der Waals surface area contributed by atoms with Crippen LogP contribution in [0, 0.1) is 11.7 Å². The van der Waals surface area contributed by atoms with E-state index in [2.05, 4.69) is 0 Å². The molecule has 1 aliphatic rings. The first-order valence-electron chi connectivity index (χ1n) is 5.62. The summed E-state index contributed by atoms with van der Waals surface area (Å²) in [5.74, 6) is -1.28. The van der Waals surface area contributed by atoms with E-state index < -0.39 is 11.8 Å². The van der Waals surface area contributed by atoms with E-state index in [0.717, 1.165) is 12.8 Å². The van der Waals surface area contributed by atoms with Gasteiger partial charge in [0.15, 0.2) is 5.78 Å². The van der Waals surface area contributed by atoms with E-state index in [9.17, 15) is 14.0 Å². The first-order chi connectivity index (χ1) is 8.08. The van der Waals surface area contributed by atoms with Crippen LogP contribution in [-0.4, -0.2) is 16.9 Å². The third kappa shape index (κ3) is 2.90. The first-order valence-corrected chi connectivity index (χ1v) is 5.62. The lowest BCUT2D eigenvalue weighted by Gasteiger charge is -2.04. The van der Waals surface area contributed by atoms with Crippen molar-refractivity contribution in [2.75, 3.05) is 0 Å². The van der Waals surface area contributed by atoms with E-state index in [1.165, 1.54) is 18.2 Å². The number of aryl methyl sites for hydroxylation is 1. The molecule has 0 heterocycles. The SMILES string of the molecule is O=C(O)CCc1cc(C(=O)C2CC2)ccc1F. The van der Waals surface area contributed by atoms with Crippen molar-refractivity contribution in [3.8, 4) is 0 Å². The Labute approximate surface area is 98.3 Å². The number of carboxylic acids is 1. The number of rotatable bonds is 5. The Bertz CT molecular complexity index is 464. The molecule has 0 spiro atoms. The van der Waals surface area contributed by atoms with Gasteiger partial charge >= 0.3 is 5.97 Å². The maximum atomic E-state index is 13.4. The number of Topliss-reactive ketones (excluding diaryl/α,β-unsaturated/α-hetero) is 1. The molecule has 1 fully saturated rings. The Morgan fingerprint density at radius 2 is 2.06 bits per heavy atom. The molecule has 1 aliphatic carbocycles. The van der Waals surface area contributed by atoms with Crippen molar-refractivity contribution >= 4 is 11.8 Å². The smallest absolute Gasteiger partial charge is 0.303 e. The van der Waals surface area contributed by atoms with E-state index in [4.69, 9.17) is 5.11 Å². The molecule has 0 aliphatic heterocycles. The van der Waals surface area contributed by atoms with Crippen molar-refractivity contribution in [2.24, 2.45) is 5.92 Å². The van der Waals surface area contributed by atoms with Crippen molar-refractivity contribution < 1.29 is 19.1 Å². The van der Waals surface area contributed by atoms with E-state index >= 15 is 0 Å². The van der Waals surface area contributed by atoms with E-state index in [1.54, 1.807) is 0 Å². The molecule has 0 atom stereocenters. The molecule has 1 aromatic rings. The molecule has 0 aromatic heterocycles. The summed E-state index contributed by atoms with van der Waals surface area (Å²) in [4.78, 5) is 22.2. The van der Waals surface area contributed by atoms with Gasteiger partial charge in [0.05, 0.1) is 0 Å². The van der Waals surface area contributed by atoms with Gasteiger partial charge in [-0.3, -0.25) is 9.59 Å². The lowest BCUT2D eigenvalue weighted by atomic mass is 10.0. The van der Waals surface area contributed by atoms with Crippen molar-refractivity contribution in [2.45, 2.75) is 25.7 Å². The zero-order chi connectivity index (χ0) is 12.4. The average Bonchev–Trinajstić information content (AvgIpc) is 3.10. The van der Waals surface area contributed by atoms with Crippen LogP contribution >= 0.6 is 0 Å². The van der Waals surface area contributed by atoms with Crippen LogP contribution < -0.4 is 0 Å². The summed E-state index contributed by atoms with van der Waals surface area (Å²) in [5.41, 5.74) is 0.799. The summed E-state index contributed by atoms with van der Waals surface area (Å²) in [5, 5.41) is 8.55. The predicted molar refractivity (Wildman–Crippen MR) is 59.4 cm³/mol. The molecule has 0 saturated heterocycles. The summed E-state index contributed by atoms with van der Waals surface area (Å²) >= 11 is 0. The second kappa shape index (κ2) is 4.65. The molecular formula is C13H13FO3. The molecule has 0 bridgehead atoms. The lowest BCUT2D eigenvalue weighted by Crippen LogP contribution is -2.05. The number of carboxylic acid groups (broad SMARTS) is 1. The Kier molecular flexibility index (Phi) is 3.22. The molecule has 1 N–H and O–H groups in total. The van der Waals surface area contributed by atoms with Crippen LogP contribution in [0.15, 0.2) is 18.2 Å². The molecule has 0 radical (unpaired) electrons. The highest BCUT2D eigenvalue weighted by molar-refractivity contribution is 5.99. The van der Waals surface area contributed by atoms with E-state index in [1.807, 2.05) is 0 Å². The van der Waals surface area contributed by atoms with Crippen molar-refractivity contribution in [1.29, 1.82) is 0 Å². The van der Waals surface area contributed by atoms with Gasteiger partial charge in [0.25, 0.3) is 0 Å². The van der Waals surface area contributed by atoms with Gasteiger partial charge in [0.1, 0.15) is 5.82 Å². The van der Waals surface area contributed by atoms with Gasteiger partial charge in [0, 0.05) is 17.9 Å². The van der Waals surface area contributed by atoms with Gasteiger partial charge in [-0.25, -0.2) is 4.39 Å². The number of aliphatic carboxylic acids is 1. The second-order valence-electron chi connectivity index (χ2n) is 4.34. The topological polar surface area (TPSA) is 54.4 Å². The summed E-state index contributed by atoms with van der Waals surface area (Å²) in [6.45, 7) is 0. The molecule has 4 heteroatoms. The molecule has 2 rings (SSSR count). The number of carbonyl (C=O) groups excluding carboxylic acids is 1. The Balaban J connectivity index is 2.16. The number of hydrogen-bond donors (Lipinski definition) is 1. The molecule has 1 aromatic carbocycles. The van der Waals surface area contributed by atoms with Crippen LogP contribution in [-0.2, 0) is 11.2 Å². The van der Waals surface area contributed by atoms with Gasteiger partial charge < -0.3 is 5.11 Å². The zero-order valence-electron chi connectivity index (χ0n) is 9.28. The largest absolute Gasteiger partial charge is 0.481 e.